The average molecular weight is 1270 g/mol. The number of fused-ring (bicyclic) bond motifs is 7. The number of carbonyl (C=O) groups excluding carboxylic acids is 4. The second kappa shape index (κ2) is 27.7. The van der Waals surface area contributed by atoms with Gasteiger partial charge < -0.3 is 49.4 Å². The number of methoxy groups -OCH3 is 1. The molecule has 4 aliphatic heterocycles. The maximum absolute atomic E-state index is 14.1. The Morgan fingerprint density at radius 1 is 0.944 bits per heavy atom. The predicted molar refractivity (Wildman–Crippen MR) is 352 cm³/mol. The second-order valence-electron chi connectivity index (χ2n) is 26.7. The van der Waals surface area contributed by atoms with Crippen LogP contribution in [-0.4, -0.2) is 172 Å². The number of aliphatic hydroxyl groups is 1. The zero-order valence-corrected chi connectivity index (χ0v) is 55.5. The summed E-state index contributed by atoms with van der Waals surface area (Å²) in [4.78, 5) is 82.7. The van der Waals surface area contributed by atoms with Crippen LogP contribution in [0.2, 0.25) is 5.02 Å². The molecule has 6 bridgehead atoms. The van der Waals surface area contributed by atoms with Crippen molar-refractivity contribution in [3.8, 4) is 22.5 Å². The monoisotopic (exact) mass is 1270 g/mol. The normalized spacial score (nSPS) is 23.6. The largest absolute Gasteiger partial charge is 0.464 e. The van der Waals surface area contributed by atoms with Gasteiger partial charge in [0.2, 0.25) is 11.8 Å². The summed E-state index contributed by atoms with van der Waals surface area (Å²) >= 11 is 7.56. The van der Waals surface area contributed by atoms with E-state index in [0.29, 0.717) is 81.9 Å². The van der Waals surface area contributed by atoms with Gasteiger partial charge in [-0.15, -0.1) is 11.3 Å². The zero-order valence-electron chi connectivity index (χ0n) is 53.9. The Morgan fingerprint density at radius 2 is 1.68 bits per heavy atom. The number of carbonyl (C=O) groups is 4. The summed E-state index contributed by atoms with van der Waals surface area (Å²) in [7, 11) is 3.89. The maximum atomic E-state index is 14.1. The number of nitrogens with zero attached hydrogens (tertiary/aromatic N) is 10. The molecule has 8 atom stereocenters. The summed E-state index contributed by atoms with van der Waals surface area (Å²) in [6, 6.07) is 15.2. The van der Waals surface area contributed by atoms with E-state index in [9.17, 15) is 24.3 Å². The van der Waals surface area contributed by atoms with Crippen molar-refractivity contribution in [3.63, 3.8) is 0 Å². The summed E-state index contributed by atoms with van der Waals surface area (Å²) in [5.41, 5.74) is 13.6. The number of esters is 1. The highest BCUT2D eigenvalue weighted by molar-refractivity contribution is 7.10. The lowest BCUT2D eigenvalue weighted by atomic mass is 9.84. The van der Waals surface area contributed by atoms with Crippen LogP contribution in [0, 0.1) is 17.3 Å². The summed E-state index contributed by atoms with van der Waals surface area (Å²) in [5, 5.41) is 22.8. The van der Waals surface area contributed by atoms with E-state index in [-0.39, 0.29) is 60.6 Å². The standard InChI is InChI=1S/C44H58N8O5S.C24H32ClN5O2/c1-8-51-37-12-11-28-19-31(37)33(40(51)32-20-29(23-45-39(32)27(3)56-7)50-16-14-49(6)15-17-50)22-44(4,5)25-57-43(55)34-10-9-13-52(48-34)42(54)35(21-38-46-36(28)24-58-38)47-41(53)30-18-26(30)2;1-15(2)26-13-19(17-4-6-18(25)7-5-17)24(32)30-10-8-29(9-11-30)23-21-16(3)12-20(31)22(21)27-14-28-23/h11-12,19-20,23-24,26-27,30,34-35,48H,8-10,13-18,21-22,25H2,1-7H3,(H,47,53);4-7,14-16,19-20,26,31H,8-13H2,1-3H3. The SMILES string of the molecule is CC(C)NCC(C(=O)N1CCN(c2ncnc3c2C(C)CC3O)CC1)c1ccc(Cl)cc1.CCn1c(-c2cc(N3CCN(C)CC3)cnc2C(C)OC)c2c3cc(ccc31)-c1csc(n1)CC(NC(=O)C1CC1C)C(=O)N1CCCC(N1)C(=O)OCC(C)(C)C2. The molecule has 6 aliphatic rings. The first-order valence-corrected chi connectivity index (χ1v) is 33.6. The van der Waals surface area contributed by atoms with Gasteiger partial charge in [0.1, 0.15) is 24.2 Å². The van der Waals surface area contributed by atoms with Gasteiger partial charge in [-0.1, -0.05) is 71.3 Å². The fourth-order valence-electron chi connectivity index (χ4n) is 13.5. The minimum Gasteiger partial charge on any atom is -0.464 e. The van der Waals surface area contributed by atoms with Crippen molar-refractivity contribution >= 4 is 69.0 Å². The van der Waals surface area contributed by atoms with E-state index in [2.05, 4.69) is 118 Å². The number of hydrazine groups is 1. The number of likely N-dealkylation sites (N-methyl/N-ethyl adjacent to an activating group) is 1. The number of thiazole rings is 1. The van der Waals surface area contributed by atoms with Crippen molar-refractivity contribution in [2.75, 3.05) is 96.0 Å². The van der Waals surface area contributed by atoms with Crippen molar-refractivity contribution in [2.24, 2.45) is 17.3 Å². The number of ether oxygens (including phenoxy) is 2. The molecule has 4 N–H and O–H groups in total. The number of aliphatic hydroxyl groups excluding tert-OH is 1. The third kappa shape index (κ3) is 14.2. The molecule has 8 unspecified atom stereocenters. The minimum absolute atomic E-state index is 0.0897. The minimum atomic E-state index is -0.825. The zero-order chi connectivity index (χ0) is 63.7. The molecule has 482 valence electrons. The topological polar surface area (TPSA) is 216 Å². The number of halogens is 1. The van der Waals surface area contributed by atoms with Crippen LogP contribution in [0.4, 0.5) is 11.5 Å². The maximum Gasteiger partial charge on any atom is 0.324 e. The second-order valence-corrected chi connectivity index (χ2v) is 28.1. The van der Waals surface area contributed by atoms with Gasteiger partial charge in [-0.25, -0.2) is 20.4 Å². The van der Waals surface area contributed by atoms with E-state index >= 15 is 0 Å². The molecule has 8 heterocycles. The third-order valence-corrected chi connectivity index (χ3v) is 20.1. The van der Waals surface area contributed by atoms with Crippen LogP contribution in [0.1, 0.15) is 138 Å². The number of aromatic nitrogens is 5. The summed E-state index contributed by atoms with van der Waals surface area (Å²) in [6.45, 7) is 25.3. The van der Waals surface area contributed by atoms with Crippen LogP contribution in [0.5, 0.6) is 0 Å². The molecule has 0 radical (unpaired) electrons. The molecule has 0 spiro atoms. The number of rotatable bonds is 13. The van der Waals surface area contributed by atoms with Gasteiger partial charge in [-0.2, -0.15) is 0 Å². The van der Waals surface area contributed by atoms with E-state index in [1.807, 2.05) is 54.6 Å². The van der Waals surface area contributed by atoms with Crippen LogP contribution in [0.25, 0.3) is 33.4 Å². The van der Waals surface area contributed by atoms with Crippen molar-refractivity contribution < 1.29 is 33.8 Å². The summed E-state index contributed by atoms with van der Waals surface area (Å²) in [5.74, 6) is 0.459. The fourth-order valence-corrected chi connectivity index (χ4v) is 14.5. The number of cyclic esters (lactones) is 1. The van der Waals surface area contributed by atoms with Crippen LogP contribution in [0.15, 0.2) is 66.4 Å². The highest BCUT2D eigenvalue weighted by Crippen LogP contribution is 2.45. The van der Waals surface area contributed by atoms with Gasteiger partial charge in [0.25, 0.3) is 5.91 Å². The van der Waals surface area contributed by atoms with Crippen LogP contribution < -0.4 is 25.9 Å². The molecule has 22 heteroatoms. The summed E-state index contributed by atoms with van der Waals surface area (Å²) < 4.78 is 14.5. The van der Waals surface area contributed by atoms with Gasteiger partial charge in [0.05, 0.1) is 64.4 Å². The quantitative estimate of drug-likeness (QED) is 0.0796. The first kappa shape index (κ1) is 64.9. The van der Waals surface area contributed by atoms with Gasteiger partial charge >= 0.3 is 5.97 Å². The van der Waals surface area contributed by atoms with Crippen LogP contribution in [0.3, 0.4) is 0 Å². The van der Waals surface area contributed by atoms with Crippen LogP contribution >= 0.6 is 22.9 Å². The number of piperazine rings is 2. The van der Waals surface area contributed by atoms with E-state index in [1.54, 1.807) is 13.4 Å². The number of nitrogens with one attached hydrogen (secondary N) is 3. The van der Waals surface area contributed by atoms with Crippen LogP contribution in [-0.2, 0) is 48.0 Å². The Kier molecular flexibility index (Phi) is 20.0. The molecule has 2 aliphatic carbocycles. The Bertz CT molecular complexity index is 3560. The summed E-state index contributed by atoms with van der Waals surface area (Å²) in [6.07, 6.45) is 6.32. The molecule has 20 nitrogen and oxygen atoms in total. The average Bonchev–Trinajstić information content (AvgIpc) is 1.67. The Labute approximate surface area is 538 Å². The lowest BCUT2D eigenvalue weighted by molar-refractivity contribution is -0.155. The molecule has 1 saturated carbocycles. The van der Waals surface area contributed by atoms with Gasteiger partial charge in [0.15, 0.2) is 0 Å². The number of benzene rings is 2. The Morgan fingerprint density at radius 3 is 2.38 bits per heavy atom. The molecular formula is C68H90ClN13O7S. The van der Waals surface area contributed by atoms with Crippen molar-refractivity contribution in [1.82, 2.24) is 55.4 Å². The molecule has 90 heavy (non-hydrogen) atoms. The number of pyridine rings is 1. The van der Waals surface area contributed by atoms with Gasteiger partial charge in [-0.05, 0) is 106 Å². The Hall–Kier alpha value is -6.59. The van der Waals surface area contributed by atoms with E-state index in [1.165, 1.54) is 16.3 Å². The highest BCUT2D eigenvalue weighted by Gasteiger charge is 2.43. The number of hydrogen-bond donors (Lipinski definition) is 4. The van der Waals surface area contributed by atoms with Crippen molar-refractivity contribution in [3.05, 3.63) is 105 Å². The predicted octanol–water partition coefficient (Wildman–Crippen LogP) is 8.71. The molecule has 6 aromatic rings. The first-order chi connectivity index (χ1) is 43.2. The lowest BCUT2D eigenvalue weighted by Gasteiger charge is -2.38. The first-order valence-electron chi connectivity index (χ1n) is 32.3. The Balaban J connectivity index is 0.000000220. The fraction of sp³-hybridized carbons (Fsp3) is 0.559. The molecule has 4 fully saturated rings. The van der Waals surface area contributed by atoms with E-state index in [4.69, 9.17) is 31.0 Å². The van der Waals surface area contributed by atoms with Crippen molar-refractivity contribution in [1.29, 1.82) is 0 Å². The number of amides is 3. The van der Waals surface area contributed by atoms with E-state index < -0.39 is 23.6 Å². The van der Waals surface area contributed by atoms with Gasteiger partial charge in [-0.3, -0.25) is 29.2 Å². The highest BCUT2D eigenvalue weighted by atomic mass is 35.5. The molecule has 3 saturated heterocycles. The molecule has 12 rings (SSSR count). The van der Waals surface area contributed by atoms with E-state index in [0.717, 1.165) is 117 Å². The smallest absolute Gasteiger partial charge is 0.324 e. The molecule has 3 amide bonds. The molecule has 2 aromatic carbocycles. The molecular weight excluding hydrogens is 1180 g/mol. The number of hydrogen-bond acceptors (Lipinski definition) is 17. The van der Waals surface area contributed by atoms with Gasteiger partial charge in [0, 0.05) is 141 Å². The molecule has 4 aromatic heterocycles. The number of aryl methyl sites for hydroxylation is 1. The third-order valence-electron chi connectivity index (χ3n) is 19.0. The van der Waals surface area contributed by atoms with Crippen molar-refractivity contribution in [2.45, 2.75) is 143 Å². The number of anilines is 2. The lowest BCUT2D eigenvalue weighted by Crippen LogP contribution is -2.60.